The molecule has 2 aromatic carbocycles. The molecule has 134 valence electrons. The molecule has 0 aromatic heterocycles. The normalized spacial score (nSPS) is 11.0. The second kappa shape index (κ2) is 7.57. The van der Waals surface area contributed by atoms with Crippen molar-refractivity contribution in [3.63, 3.8) is 0 Å². The number of carbonyl (C=O) groups is 1. The van der Waals surface area contributed by atoms with E-state index < -0.39 is 10.0 Å². The van der Waals surface area contributed by atoms with Crippen LogP contribution in [0.4, 0.5) is 17.1 Å². The summed E-state index contributed by atoms with van der Waals surface area (Å²) >= 11 is 0. The first-order valence-electron chi connectivity index (χ1n) is 7.91. The summed E-state index contributed by atoms with van der Waals surface area (Å²) < 4.78 is 25.8. The third-order valence-corrected chi connectivity index (χ3v) is 5.07. The van der Waals surface area contributed by atoms with Crippen LogP contribution >= 0.6 is 0 Å². The van der Waals surface area contributed by atoms with Gasteiger partial charge in [0.25, 0.3) is 5.91 Å². The maximum Gasteiger partial charge on any atom is 0.255 e. The molecule has 0 radical (unpaired) electrons. The Morgan fingerprint density at radius 3 is 2.24 bits per heavy atom. The summed E-state index contributed by atoms with van der Waals surface area (Å²) in [6, 6.07) is 12.3. The summed E-state index contributed by atoms with van der Waals surface area (Å²) in [5.74, 6) is -0.208. The Morgan fingerprint density at radius 2 is 1.72 bits per heavy atom. The molecule has 0 saturated heterocycles. The van der Waals surface area contributed by atoms with Crippen LogP contribution in [0, 0.1) is 6.92 Å². The molecule has 0 atom stereocenters. The fourth-order valence-corrected chi connectivity index (χ4v) is 2.92. The third-order valence-electron chi connectivity index (χ3n) is 3.78. The lowest BCUT2D eigenvalue weighted by Gasteiger charge is -2.13. The number of hydrogen-bond acceptors (Lipinski definition) is 4. The van der Waals surface area contributed by atoms with Crippen LogP contribution in [0.5, 0.6) is 0 Å². The van der Waals surface area contributed by atoms with E-state index >= 15 is 0 Å². The minimum Gasteiger partial charge on any atom is -0.378 e. The Labute approximate surface area is 148 Å². The van der Waals surface area contributed by atoms with Crippen molar-refractivity contribution in [2.45, 2.75) is 13.8 Å². The highest BCUT2D eigenvalue weighted by molar-refractivity contribution is 7.92. The van der Waals surface area contributed by atoms with Gasteiger partial charge in [0, 0.05) is 31.0 Å². The Balaban J connectivity index is 2.12. The van der Waals surface area contributed by atoms with Crippen molar-refractivity contribution >= 4 is 33.0 Å². The fraction of sp³-hybridized carbons (Fsp3) is 0.278. The number of rotatable bonds is 6. The highest BCUT2D eigenvalue weighted by Gasteiger charge is 2.11. The van der Waals surface area contributed by atoms with Crippen LogP contribution in [0.25, 0.3) is 0 Å². The summed E-state index contributed by atoms with van der Waals surface area (Å²) in [5, 5.41) is 2.82. The highest BCUT2D eigenvalue weighted by atomic mass is 32.2. The van der Waals surface area contributed by atoms with E-state index in [4.69, 9.17) is 0 Å². The van der Waals surface area contributed by atoms with Crippen molar-refractivity contribution in [1.29, 1.82) is 0 Å². The number of sulfonamides is 1. The van der Waals surface area contributed by atoms with Crippen LogP contribution in [0.3, 0.4) is 0 Å². The molecule has 2 aromatic rings. The van der Waals surface area contributed by atoms with Gasteiger partial charge < -0.3 is 10.2 Å². The summed E-state index contributed by atoms with van der Waals surface area (Å²) in [7, 11) is 0.547. The number of anilines is 3. The van der Waals surface area contributed by atoms with Gasteiger partial charge in [-0.3, -0.25) is 9.52 Å². The van der Waals surface area contributed by atoms with Crippen molar-refractivity contribution in [2.24, 2.45) is 0 Å². The van der Waals surface area contributed by atoms with E-state index in [1.807, 2.05) is 31.1 Å². The Hall–Kier alpha value is -2.54. The second-order valence-electron chi connectivity index (χ2n) is 5.93. The Kier molecular flexibility index (Phi) is 5.69. The van der Waals surface area contributed by atoms with Gasteiger partial charge >= 0.3 is 0 Å². The summed E-state index contributed by atoms with van der Waals surface area (Å²) in [6.07, 6.45) is 0. The predicted molar refractivity (Wildman–Crippen MR) is 103 cm³/mol. The largest absolute Gasteiger partial charge is 0.378 e. The molecule has 1 amide bonds. The molecule has 6 nitrogen and oxygen atoms in total. The van der Waals surface area contributed by atoms with E-state index in [9.17, 15) is 13.2 Å². The lowest BCUT2D eigenvalue weighted by atomic mass is 10.1. The van der Waals surface area contributed by atoms with Gasteiger partial charge in [-0.25, -0.2) is 8.42 Å². The lowest BCUT2D eigenvalue weighted by Crippen LogP contribution is -2.16. The average Bonchev–Trinajstić information content (AvgIpc) is 2.57. The van der Waals surface area contributed by atoms with Gasteiger partial charge in [-0.15, -0.1) is 0 Å². The molecule has 0 bridgehead atoms. The average molecular weight is 361 g/mol. The zero-order chi connectivity index (χ0) is 18.6. The van der Waals surface area contributed by atoms with Crippen LogP contribution in [0.1, 0.15) is 22.8 Å². The van der Waals surface area contributed by atoms with Gasteiger partial charge in [-0.1, -0.05) is 0 Å². The van der Waals surface area contributed by atoms with Gasteiger partial charge in [-0.2, -0.15) is 0 Å². The molecular formula is C18H23N3O3S. The van der Waals surface area contributed by atoms with Gasteiger partial charge in [0.05, 0.1) is 11.4 Å². The van der Waals surface area contributed by atoms with Gasteiger partial charge in [-0.05, 0) is 61.9 Å². The first-order valence-corrected chi connectivity index (χ1v) is 9.57. The van der Waals surface area contributed by atoms with E-state index in [2.05, 4.69) is 10.0 Å². The van der Waals surface area contributed by atoms with Crippen LogP contribution in [0.15, 0.2) is 42.5 Å². The van der Waals surface area contributed by atoms with E-state index in [1.54, 1.807) is 44.2 Å². The Bertz CT molecular complexity index is 860. The van der Waals surface area contributed by atoms with Crippen LogP contribution < -0.4 is 14.9 Å². The summed E-state index contributed by atoms with van der Waals surface area (Å²) in [4.78, 5) is 14.3. The minimum absolute atomic E-state index is 0.00781. The molecule has 0 unspecified atom stereocenters. The number of benzene rings is 2. The maximum atomic E-state index is 12.3. The number of carbonyl (C=O) groups excluding carboxylic acids is 1. The van der Waals surface area contributed by atoms with Crippen LogP contribution in [-0.2, 0) is 10.0 Å². The SMILES string of the molecule is CCS(=O)(=O)Nc1ccc(NC(=O)c2ccc(N(C)C)cc2)cc1C. The van der Waals surface area contributed by atoms with Gasteiger partial charge in [0.2, 0.25) is 10.0 Å². The van der Waals surface area contributed by atoms with Crippen molar-refractivity contribution in [3.05, 3.63) is 53.6 Å². The van der Waals surface area contributed by atoms with Crippen molar-refractivity contribution in [3.8, 4) is 0 Å². The number of amides is 1. The fourth-order valence-electron chi connectivity index (χ4n) is 2.21. The summed E-state index contributed by atoms with van der Waals surface area (Å²) in [6.45, 7) is 3.36. The zero-order valence-electron chi connectivity index (χ0n) is 14.8. The minimum atomic E-state index is -3.33. The number of hydrogen-bond donors (Lipinski definition) is 2. The molecule has 2 N–H and O–H groups in total. The molecule has 0 aliphatic rings. The van der Waals surface area contributed by atoms with Crippen molar-refractivity contribution in [1.82, 2.24) is 0 Å². The first kappa shape index (κ1) is 18.8. The van der Waals surface area contributed by atoms with E-state index in [0.717, 1.165) is 11.3 Å². The molecular weight excluding hydrogens is 338 g/mol. The number of nitrogens with zero attached hydrogens (tertiary/aromatic N) is 1. The molecule has 2 rings (SSSR count). The number of nitrogens with one attached hydrogen (secondary N) is 2. The molecule has 0 heterocycles. The van der Waals surface area contributed by atoms with E-state index in [-0.39, 0.29) is 11.7 Å². The third kappa shape index (κ3) is 4.96. The zero-order valence-corrected chi connectivity index (χ0v) is 15.6. The quantitative estimate of drug-likeness (QED) is 0.829. The monoisotopic (exact) mass is 361 g/mol. The topological polar surface area (TPSA) is 78.5 Å². The molecule has 0 fully saturated rings. The maximum absolute atomic E-state index is 12.3. The predicted octanol–water partition coefficient (Wildman–Crippen LogP) is 3.07. The highest BCUT2D eigenvalue weighted by Crippen LogP contribution is 2.22. The second-order valence-corrected chi connectivity index (χ2v) is 7.94. The van der Waals surface area contributed by atoms with E-state index in [1.165, 1.54) is 0 Å². The molecule has 0 saturated carbocycles. The number of aryl methyl sites for hydroxylation is 1. The lowest BCUT2D eigenvalue weighted by molar-refractivity contribution is 0.102. The first-order chi connectivity index (χ1) is 11.7. The smallest absolute Gasteiger partial charge is 0.255 e. The summed E-state index contributed by atoms with van der Waals surface area (Å²) in [5.41, 5.74) is 3.42. The van der Waals surface area contributed by atoms with Gasteiger partial charge in [0.1, 0.15) is 0 Å². The standard InChI is InChI=1S/C18H23N3O3S/c1-5-25(23,24)20-17-11-8-15(12-13(17)2)19-18(22)14-6-9-16(10-7-14)21(3)4/h6-12,20H,5H2,1-4H3,(H,19,22). The van der Waals surface area contributed by atoms with Gasteiger partial charge in [0.15, 0.2) is 0 Å². The van der Waals surface area contributed by atoms with Crippen LogP contribution in [-0.4, -0.2) is 34.2 Å². The van der Waals surface area contributed by atoms with Crippen molar-refractivity contribution in [2.75, 3.05) is 34.8 Å². The molecule has 25 heavy (non-hydrogen) atoms. The van der Waals surface area contributed by atoms with E-state index in [0.29, 0.717) is 16.9 Å². The van der Waals surface area contributed by atoms with Crippen molar-refractivity contribution < 1.29 is 13.2 Å². The molecule has 0 spiro atoms. The Morgan fingerprint density at radius 1 is 1.08 bits per heavy atom. The molecule has 7 heteroatoms. The van der Waals surface area contributed by atoms with Crippen LogP contribution in [0.2, 0.25) is 0 Å². The molecule has 0 aliphatic heterocycles. The molecule has 0 aliphatic carbocycles.